The van der Waals surface area contributed by atoms with Crippen molar-refractivity contribution in [1.29, 1.82) is 0 Å². The maximum Gasteiger partial charge on any atom is 0.416 e. The van der Waals surface area contributed by atoms with Crippen LogP contribution in [0.1, 0.15) is 43.2 Å². The molecule has 1 aromatic rings. The van der Waals surface area contributed by atoms with Crippen molar-refractivity contribution in [3.05, 3.63) is 29.3 Å². The third-order valence-corrected chi connectivity index (χ3v) is 5.11. The van der Waals surface area contributed by atoms with Crippen LogP contribution < -0.4 is 16.4 Å². The summed E-state index contributed by atoms with van der Waals surface area (Å²) in [5, 5.41) is 5.09. The number of benzene rings is 1. The first-order valence-corrected chi connectivity index (χ1v) is 9.00. The van der Waals surface area contributed by atoms with E-state index in [1.807, 2.05) is 0 Å². The molecule has 0 aromatic heterocycles. The summed E-state index contributed by atoms with van der Waals surface area (Å²) in [4.78, 5) is 37.8. The lowest BCUT2D eigenvalue weighted by Gasteiger charge is -2.20. The van der Waals surface area contributed by atoms with Crippen molar-refractivity contribution in [3.8, 4) is 0 Å². The van der Waals surface area contributed by atoms with E-state index in [4.69, 9.17) is 5.73 Å². The highest BCUT2D eigenvalue weighted by atomic mass is 35.5. The lowest BCUT2D eigenvalue weighted by molar-refractivity contribution is -0.137. The Labute approximate surface area is 171 Å². The number of hydrogen-bond donors (Lipinski definition) is 3. The van der Waals surface area contributed by atoms with Crippen LogP contribution in [-0.4, -0.2) is 34.8 Å². The molecule has 1 aliphatic carbocycles. The van der Waals surface area contributed by atoms with Crippen LogP contribution in [-0.2, 0) is 22.3 Å². The number of rotatable bonds is 5. The second-order valence-corrected chi connectivity index (χ2v) is 7.09. The van der Waals surface area contributed by atoms with Gasteiger partial charge in [-0.05, 0) is 36.6 Å². The minimum atomic E-state index is -4.57. The van der Waals surface area contributed by atoms with Gasteiger partial charge in [-0.2, -0.15) is 13.2 Å². The summed E-state index contributed by atoms with van der Waals surface area (Å²) in [6.45, 7) is -0.252. The van der Waals surface area contributed by atoms with Gasteiger partial charge < -0.3 is 16.4 Å². The molecule has 1 saturated heterocycles. The first-order chi connectivity index (χ1) is 13.1. The summed E-state index contributed by atoms with van der Waals surface area (Å²) in [7, 11) is 0. The number of nitrogens with two attached hydrogens (primary N) is 1. The lowest BCUT2D eigenvalue weighted by Crippen LogP contribution is -2.44. The Morgan fingerprint density at radius 3 is 2.45 bits per heavy atom. The number of alkyl halides is 3. The largest absolute Gasteiger partial charge is 0.416 e. The molecule has 11 heteroatoms. The Morgan fingerprint density at radius 1 is 1.21 bits per heavy atom. The van der Waals surface area contributed by atoms with Crippen LogP contribution in [0.2, 0.25) is 0 Å². The van der Waals surface area contributed by atoms with Gasteiger partial charge in [0, 0.05) is 25.2 Å². The maximum absolute atomic E-state index is 13.0. The summed E-state index contributed by atoms with van der Waals surface area (Å²) in [5.41, 5.74) is 3.84. The molecule has 2 fully saturated rings. The molecule has 0 radical (unpaired) electrons. The third-order valence-electron chi connectivity index (χ3n) is 5.11. The van der Waals surface area contributed by atoms with Gasteiger partial charge in [0.1, 0.15) is 5.54 Å². The number of nitrogens with one attached hydrogen (secondary N) is 2. The molecule has 4 amide bonds. The predicted octanol–water partition coefficient (Wildman–Crippen LogP) is 2.78. The van der Waals surface area contributed by atoms with Crippen molar-refractivity contribution in [3.63, 3.8) is 0 Å². The van der Waals surface area contributed by atoms with E-state index in [1.54, 1.807) is 0 Å². The molecule has 0 atom stereocenters. The molecule has 1 spiro atoms. The van der Waals surface area contributed by atoms with E-state index >= 15 is 0 Å². The van der Waals surface area contributed by atoms with E-state index in [1.165, 1.54) is 6.07 Å². The van der Waals surface area contributed by atoms with Crippen LogP contribution in [0.25, 0.3) is 0 Å². The molecule has 4 N–H and O–H groups in total. The molecule has 0 bridgehead atoms. The van der Waals surface area contributed by atoms with Crippen molar-refractivity contribution in [2.45, 2.75) is 50.4 Å². The number of hydrogen-bond acceptors (Lipinski definition) is 4. The van der Waals surface area contributed by atoms with Gasteiger partial charge in [-0.1, -0.05) is 12.8 Å². The van der Waals surface area contributed by atoms with Crippen LogP contribution in [0.15, 0.2) is 18.2 Å². The van der Waals surface area contributed by atoms with Crippen molar-refractivity contribution < 1.29 is 27.6 Å². The first kappa shape index (κ1) is 23.0. The molecule has 160 valence electrons. The monoisotopic (exact) mass is 434 g/mol. The molecule has 7 nitrogen and oxygen atoms in total. The Balaban J connectivity index is 0.00000300. The fraction of sp³-hybridized carbons (Fsp3) is 0.500. The number of carbonyl (C=O) groups is 3. The summed E-state index contributed by atoms with van der Waals surface area (Å²) < 4.78 is 38.9. The molecule has 0 unspecified atom stereocenters. The Bertz CT molecular complexity index is 810. The van der Waals surface area contributed by atoms with Gasteiger partial charge in [-0.15, -0.1) is 12.4 Å². The van der Waals surface area contributed by atoms with Crippen molar-refractivity contribution in [2.75, 3.05) is 11.9 Å². The highest BCUT2D eigenvalue weighted by Crippen LogP contribution is 2.35. The zero-order chi connectivity index (χ0) is 20.5. The summed E-state index contributed by atoms with van der Waals surface area (Å²) in [6.07, 6.45) is -1.94. The van der Waals surface area contributed by atoms with E-state index in [2.05, 4.69) is 10.6 Å². The normalized spacial score (nSPS) is 18.0. The molecule has 3 rings (SSSR count). The highest BCUT2D eigenvalue weighted by molar-refractivity contribution is 6.07. The van der Waals surface area contributed by atoms with E-state index in [9.17, 15) is 27.6 Å². The van der Waals surface area contributed by atoms with E-state index in [0.29, 0.717) is 12.8 Å². The minimum Gasteiger partial charge on any atom is -0.326 e. The van der Waals surface area contributed by atoms with E-state index in [0.717, 1.165) is 29.9 Å². The number of carbonyl (C=O) groups excluding carboxylic acids is 3. The Hall–Kier alpha value is -2.33. The number of anilines is 1. The average molecular weight is 435 g/mol. The van der Waals surface area contributed by atoms with Gasteiger partial charge in [0.25, 0.3) is 5.91 Å². The van der Waals surface area contributed by atoms with Crippen LogP contribution >= 0.6 is 12.4 Å². The second kappa shape index (κ2) is 8.58. The Kier molecular flexibility index (Phi) is 6.79. The second-order valence-electron chi connectivity index (χ2n) is 7.09. The molecule has 1 heterocycles. The fourth-order valence-corrected chi connectivity index (χ4v) is 3.68. The van der Waals surface area contributed by atoms with E-state index < -0.39 is 29.2 Å². The maximum atomic E-state index is 13.0. The third kappa shape index (κ3) is 4.81. The topological polar surface area (TPSA) is 105 Å². The van der Waals surface area contributed by atoms with Crippen molar-refractivity contribution in [1.82, 2.24) is 10.2 Å². The standard InChI is InChI=1S/C18H21F3N4O3.ClH/c19-18(20,21)12-7-11(10-22)8-13(9-12)23-14(26)3-6-25-15(27)17(24-16(25)28)4-1-2-5-17;/h7-9H,1-6,10,22H2,(H,23,26)(H,24,28);1H. The van der Waals surface area contributed by atoms with Crippen LogP contribution in [0, 0.1) is 0 Å². The fourth-order valence-electron chi connectivity index (χ4n) is 3.68. The quantitative estimate of drug-likeness (QED) is 0.620. The number of imide groups is 1. The van der Waals surface area contributed by atoms with Crippen LogP contribution in [0.4, 0.5) is 23.7 Å². The van der Waals surface area contributed by atoms with Crippen LogP contribution in [0.3, 0.4) is 0 Å². The van der Waals surface area contributed by atoms with Crippen molar-refractivity contribution >= 4 is 35.9 Å². The zero-order valence-corrected chi connectivity index (χ0v) is 16.3. The lowest BCUT2D eigenvalue weighted by atomic mass is 9.98. The number of urea groups is 1. The molecular formula is C18H22ClF3N4O3. The average Bonchev–Trinajstić information content (AvgIpc) is 3.18. The number of amides is 4. The molecule has 2 aliphatic rings. The molecule has 1 aliphatic heterocycles. The van der Waals surface area contributed by atoms with Crippen molar-refractivity contribution in [2.24, 2.45) is 5.73 Å². The highest BCUT2D eigenvalue weighted by Gasteiger charge is 2.52. The molecule has 1 aromatic carbocycles. The van der Waals surface area contributed by atoms with Gasteiger partial charge in [-0.3, -0.25) is 14.5 Å². The zero-order valence-electron chi connectivity index (χ0n) is 15.5. The number of halogens is 4. The summed E-state index contributed by atoms with van der Waals surface area (Å²) in [6, 6.07) is 2.56. The Morgan fingerprint density at radius 2 is 1.86 bits per heavy atom. The molecular weight excluding hydrogens is 413 g/mol. The van der Waals surface area contributed by atoms with Gasteiger partial charge in [0.15, 0.2) is 0 Å². The van der Waals surface area contributed by atoms with Gasteiger partial charge in [-0.25, -0.2) is 4.79 Å². The summed E-state index contributed by atoms with van der Waals surface area (Å²) in [5.74, 6) is -0.942. The molecule has 29 heavy (non-hydrogen) atoms. The van der Waals surface area contributed by atoms with Gasteiger partial charge in [0.05, 0.1) is 5.56 Å². The first-order valence-electron chi connectivity index (χ1n) is 9.00. The van der Waals surface area contributed by atoms with Gasteiger partial charge in [0.2, 0.25) is 5.91 Å². The van der Waals surface area contributed by atoms with Gasteiger partial charge >= 0.3 is 12.2 Å². The molecule has 1 saturated carbocycles. The van der Waals surface area contributed by atoms with Crippen LogP contribution in [0.5, 0.6) is 0 Å². The predicted molar refractivity (Wildman–Crippen MR) is 101 cm³/mol. The smallest absolute Gasteiger partial charge is 0.326 e. The number of nitrogens with zero attached hydrogens (tertiary/aromatic N) is 1. The summed E-state index contributed by atoms with van der Waals surface area (Å²) >= 11 is 0. The minimum absolute atomic E-state index is 0. The SMILES string of the molecule is Cl.NCc1cc(NC(=O)CCN2C(=O)NC3(CCCC3)C2=O)cc(C(F)(F)F)c1. The van der Waals surface area contributed by atoms with E-state index in [-0.39, 0.29) is 49.1 Å².